The zero-order valence-corrected chi connectivity index (χ0v) is 15.1. The van der Waals surface area contributed by atoms with Gasteiger partial charge in [0.25, 0.3) is 0 Å². The summed E-state index contributed by atoms with van der Waals surface area (Å²) in [5.41, 5.74) is 5.46. The summed E-state index contributed by atoms with van der Waals surface area (Å²) in [6, 6.07) is 0. The first kappa shape index (κ1) is 21.9. The minimum Gasteiger partial charge on any atom is -0.481 e. The fraction of sp³-hybridized carbons (Fsp3) is 0.778. The number of aliphatic carboxylic acids is 1. The summed E-state index contributed by atoms with van der Waals surface area (Å²) in [5, 5.41) is 38.3. The molecule has 6 N–H and O–H groups in total. The summed E-state index contributed by atoms with van der Waals surface area (Å²) in [6.45, 7) is 0.188. The van der Waals surface area contributed by atoms with Crippen molar-refractivity contribution in [2.75, 3.05) is 13.2 Å². The number of hydrogen-bond donors (Lipinski definition) is 5. The lowest BCUT2D eigenvalue weighted by atomic mass is 9.89. The number of carbonyl (C=O) groups is 2. The first-order chi connectivity index (χ1) is 12.8. The minimum absolute atomic E-state index is 0.0146. The molecule has 1 saturated heterocycles. The number of rotatable bonds is 9. The van der Waals surface area contributed by atoms with Crippen molar-refractivity contribution in [3.63, 3.8) is 0 Å². The number of carboxylic acids is 1. The van der Waals surface area contributed by atoms with E-state index in [0.29, 0.717) is 25.7 Å². The molecule has 154 valence electrons. The lowest BCUT2D eigenvalue weighted by molar-refractivity contribution is -0.294. The monoisotopic (exact) mass is 387 g/mol. The Balaban J connectivity index is 1.73. The summed E-state index contributed by atoms with van der Waals surface area (Å²) in [4.78, 5) is 22.8. The van der Waals surface area contributed by atoms with Gasteiger partial charge in [0.05, 0.1) is 6.61 Å². The highest BCUT2D eigenvalue weighted by Crippen LogP contribution is 2.34. The van der Waals surface area contributed by atoms with Gasteiger partial charge in [-0.15, -0.1) is 0 Å². The molecule has 9 nitrogen and oxygen atoms in total. The van der Waals surface area contributed by atoms with Gasteiger partial charge in [-0.05, 0) is 25.2 Å². The van der Waals surface area contributed by atoms with Crippen LogP contribution in [0.15, 0.2) is 12.2 Å². The maximum absolute atomic E-state index is 11.9. The normalized spacial score (nSPS) is 37.2. The van der Waals surface area contributed by atoms with Crippen molar-refractivity contribution in [3.8, 4) is 0 Å². The lowest BCUT2D eigenvalue weighted by Crippen LogP contribution is -2.60. The summed E-state index contributed by atoms with van der Waals surface area (Å²) in [6.07, 6.45) is -0.212. The molecule has 0 bridgehead atoms. The highest BCUT2D eigenvalue weighted by Gasteiger charge is 2.43. The maximum atomic E-state index is 11.9. The molecular weight excluding hydrogens is 358 g/mol. The molecule has 1 aliphatic carbocycles. The highest BCUT2D eigenvalue weighted by molar-refractivity contribution is 5.84. The number of ketones is 1. The third kappa shape index (κ3) is 5.81. The maximum Gasteiger partial charge on any atom is 0.303 e. The number of carbonyl (C=O) groups excluding carboxylic acids is 1. The standard InChI is InChI=1S/C18H29NO8/c19-9-13-15(23)16(24)17(25)18(27-13)26-7-3-1-2-4-11-10(8-14(21)22)5-6-12(11)20/h1-2,10-11,13,15-18,23-25H,3-9,19H2,(H,21,22)/b2-1-/t10-,11-,13-,15+,16+,17-,18-/m1/s1. The van der Waals surface area contributed by atoms with Gasteiger partial charge in [0.1, 0.15) is 30.2 Å². The fourth-order valence-electron chi connectivity index (χ4n) is 3.63. The second-order valence-corrected chi connectivity index (χ2v) is 7.09. The van der Waals surface area contributed by atoms with Crippen LogP contribution in [-0.4, -0.2) is 76.0 Å². The second kappa shape index (κ2) is 10.3. The molecule has 0 radical (unpaired) electrons. The van der Waals surface area contributed by atoms with Crippen LogP contribution >= 0.6 is 0 Å². The molecule has 1 saturated carbocycles. The van der Waals surface area contributed by atoms with Crippen molar-refractivity contribution >= 4 is 11.8 Å². The molecule has 7 atom stereocenters. The summed E-state index contributed by atoms with van der Waals surface area (Å²) in [5.74, 6) is -1.13. The topological polar surface area (TPSA) is 160 Å². The zero-order valence-electron chi connectivity index (χ0n) is 15.1. The van der Waals surface area contributed by atoms with Crippen LogP contribution in [0, 0.1) is 11.8 Å². The Labute approximate surface area is 157 Å². The molecule has 9 heteroatoms. The van der Waals surface area contributed by atoms with Crippen LogP contribution < -0.4 is 5.73 Å². The van der Waals surface area contributed by atoms with Crippen molar-refractivity contribution in [1.29, 1.82) is 0 Å². The van der Waals surface area contributed by atoms with Crippen LogP contribution in [0.3, 0.4) is 0 Å². The molecule has 0 unspecified atom stereocenters. The zero-order chi connectivity index (χ0) is 20.0. The number of carboxylic acid groups (broad SMARTS) is 1. The average Bonchev–Trinajstić information content (AvgIpc) is 2.96. The third-order valence-corrected chi connectivity index (χ3v) is 5.21. The predicted molar refractivity (Wildman–Crippen MR) is 93.5 cm³/mol. The van der Waals surface area contributed by atoms with Gasteiger partial charge in [0.2, 0.25) is 0 Å². The number of aliphatic hydroxyl groups excluding tert-OH is 3. The van der Waals surface area contributed by atoms with Crippen molar-refractivity contribution in [1.82, 2.24) is 0 Å². The van der Waals surface area contributed by atoms with E-state index in [-0.39, 0.29) is 37.2 Å². The van der Waals surface area contributed by atoms with Crippen LogP contribution in [0.25, 0.3) is 0 Å². The average molecular weight is 387 g/mol. The molecule has 1 aliphatic heterocycles. The van der Waals surface area contributed by atoms with E-state index in [1.54, 1.807) is 0 Å². The molecular formula is C18H29NO8. The number of nitrogens with two attached hydrogens (primary N) is 1. The van der Waals surface area contributed by atoms with E-state index in [0.717, 1.165) is 0 Å². The van der Waals surface area contributed by atoms with E-state index >= 15 is 0 Å². The Morgan fingerprint density at radius 2 is 1.96 bits per heavy atom. The third-order valence-electron chi connectivity index (χ3n) is 5.21. The van der Waals surface area contributed by atoms with Gasteiger partial charge in [0.15, 0.2) is 6.29 Å². The lowest BCUT2D eigenvalue weighted by Gasteiger charge is -2.39. The van der Waals surface area contributed by atoms with E-state index in [4.69, 9.17) is 20.3 Å². The molecule has 2 fully saturated rings. The summed E-state index contributed by atoms with van der Waals surface area (Å²) in [7, 11) is 0. The Morgan fingerprint density at radius 3 is 2.63 bits per heavy atom. The van der Waals surface area contributed by atoms with Crippen LogP contribution in [0.5, 0.6) is 0 Å². The van der Waals surface area contributed by atoms with E-state index < -0.39 is 36.7 Å². The van der Waals surface area contributed by atoms with Crippen LogP contribution in [0.4, 0.5) is 0 Å². The first-order valence-electron chi connectivity index (χ1n) is 9.26. The molecule has 0 aromatic heterocycles. The van der Waals surface area contributed by atoms with Gasteiger partial charge in [0, 0.05) is 25.3 Å². The molecule has 0 aromatic carbocycles. The highest BCUT2D eigenvalue weighted by atomic mass is 16.7. The number of allylic oxidation sites excluding steroid dienone is 1. The number of Topliss-reactive ketones (excluding diaryl/α,β-unsaturated/α-hetero) is 1. The predicted octanol–water partition coefficient (Wildman–Crippen LogP) is -0.824. The van der Waals surface area contributed by atoms with Gasteiger partial charge >= 0.3 is 5.97 Å². The van der Waals surface area contributed by atoms with Crippen molar-refractivity contribution in [3.05, 3.63) is 12.2 Å². The summed E-state index contributed by atoms with van der Waals surface area (Å²) >= 11 is 0. The fourth-order valence-corrected chi connectivity index (χ4v) is 3.63. The van der Waals surface area contributed by atoms with Gasteiger partial charge in [-0.3, -0.25) is 9.59 Å². The smallest absolute Gasteiger partial charge is 0.303 e. The molecule has 1 heterocycles. The van der Waals surface area contributed by atoms with E-state index in [2.05, 4.69) is 0 Å². The quantitative estimate of drug-likeness (QED) is 0.251. The first-order valence-corrected chi connectivity index (χ1v) is 9.26. The number of hydrogen-bond acceptors (Lipinski definition) is 8. The van der Waals surface area contributed by atoms with Crippen LogP contribution in [0.1, 0.15) is 32.1 Å². The van der Waals surface area contributed by atoms with E-state index in [1.165, 1.54) is 0 Å². The van der Waals surface area contributed by atoms with Crippen molar-refractivity contribution in [2.24, 2.45) is 17.6 Å². The molecule has 2 rings (SSSR count). The number of aliphatic hydroxyl groups is 3. The van der Waals surface area contributed by atoms with Gasteiger partial charge < -0.3 is 35.6 Å². The Hall–Kier alpha value is -1.36. The van der Waals surface area contributed by atoms with Crippen LogP contribution in [0.2, 0.25) is 0 Å². The molecule has 27 heavy (non-hydrogen) atoms. The largest absolute Gasteiger partial charge is 0.481 e. The molecule has 2 aliphatic rings. The van der Waals surface area contributed by atoms with E-state index in [9.17, 15) is 24.9 Å². The molecule has 0 spiro atoms. The van der Waals surface area contributed by atoms with Gasteiger partial charge in [-0.1, -0.05) is 12.2 Å². The second-order valence-electron chi connectivity index (χ2n) is 7.09. The summed E-state index contributed by atoms with van der Waals surface area (Å²) < 4.78 is 10.8. The Kier molecular flexibility index (Phi) is 8.33. The minimum atomic E-state index is -1.40. The van der Waals surface area contributed by atoms with Gasteiger partial charge in [-0.25, -0.2) is 0 Å². The SMILES string of the molecule is NC[C@H]1O[C@@H](OCC/C=C\C[C@H]2C(=O)CC[C@@H]2CC(=O)O)[C@H](O)[C@@H](O)[C@H]1O. The van der Waals surface area contributed by atoms with Gasteiger partial charge in [-0.2, -0.15) is 0 Å². The van der Waals surface area contributed by atoms with Crippen molar-refractivity contribution in [2.45, 2.75) is 62.8 Å². The number of ether oxygens (including phenoxy) is 2. The molecule has 0 aromatic rings. The van der Waals surface area contributed by atoms with Crippen molar-refractivity contribution < 1.29 is 39.5 Å². The molecule has 0 amide bonds. The Bertz CT molecular complexity index is 537. The Morgan fingerprint density at radius 1 is 1.22 bits per heavy atom. The van der Waals surface area contributed by atoms with Crippen LogP contribution in [-0.2, 0) is 19.1 Å². The van der Waals surface area contributed by atoms with E-state index in [1.807, 2.05) is 12.2 Å².